The van der Waals surface area contributed by atoms with Gasteiger partial charge in [-0.1, -0.05) is 28.1 Å². The number of hydrogen-bond donors (Lipinski definition) is 0. The molecule has 0 heterocycles. The van der Waals surface area contributed by atoms with Crippen LogP contribution in [0.3, 0.4) is 0 Å². The molecule has 0 saturated heterocycles. The number of halogens is 1. The van der Waals surface area contributed by atoms with E-state index in [2.05, 4.69) is 26.9 Å². The predicted molar refractivity (Wildman–Crippen MR) is 73.3 cm³/mol. The molecule has 1 saturated carbocycles. The maximum Gasteiger partial charge on any atom is 0.176 e. The van der Waals surface area contributed by atoms with E-state index in [1.54, 1.807) is 0 Å². The summed E-state index contributed by atoms with van der Waals surface area (Å²) in [4.78, 5) is 14.3. The Kier molecular flexibility index (Phi) is 4.51. The van der Waals surface area contributed by atoms with E-state index < -0.39 is 0 Å². The number of Topliss-reactive ketones (excluding diaryl/α,β-unsaturated/α-hetero) is 1. The van der Waals surface area contributed by atoms with Crippen molar-refractivity contribution in [2.75, 3.05) is 13.1 Å². The van der Waals surface area contributed by atoms with Gasteiger partial charge >= 0.3 is 0 Å². The molecule has 1 fully saturated rings. The molecule has 2 rings (SSSR count). The minimum absolute atomic E-state index is 0.126. The van der Waals surface area contributed by atoms with Gasteiger partial charge in [0.2, 0.25) is 0 Å². The highest BCUT2D eigenvalue weighted by atomic mass is 79.9. The highest BCUT2D eigenvalue weighted by Gasteiger charge is 2.29. The molecule has 0 amide bonds. The molecule has 0 aliphatic heterocycles. The summed E-state index contributed by atoms with van der Waals surface area (Å²) in [5.74, 6) is 0.126. The molecule has 18 heavy (non-hydrogen) atoms. The van der Waals surface area contributed by atoms with Crippen LogP contribution in [0, 0.1) is 11.3 Å². The van der Waals surface area contributed by atoms with Gasteiger partial charge in [-0.25, -0.2) is 0 Å². The third kappa shape index (κ3) is 3.66. The molecule has 0 bridgehead atoms. The van der Waals surface area contributed by atoms with E-state index in [1.807, 2.05) is 24.3 Å². The summed E-state index contributed by atoms with van der Waals surface area (Å²) in [7, 11) is 0. The van der Waals surface area contributed by atoms with Gasteiger partial charge in [-0.05, 0) is 25.0 Å². The summed E-state index contributed by atoms with van der Waals surface area (Å²) in [6.07, 6.45) is 2.79. The van der Waals surface area contributed by atoms with Gasteiger partial charge in [-0.3, -0.25) is 9.69 Å². The number of benzene rings is 1. The summed E-state index contributed by atoms with van der Waals surface area (Å²) in [6.45, 7) is 1.11. The zero-order valence-corrected chi connectivity index (χ0v) is 11.7. The van der Waals surface area contributed by atoms with Crippen molar-refractivity contribution in [1.29, 1.82) is 5.26 Å². The van der Waals surface area contributed by atoms with Crippen molar-refractivity contribution < 1.29 is 4.79 Å². The predicted octanol–water partition coefficient (Wildman–Crippen LogP) is 3.01. The lowest BCUT2D eigenvalue weighted by Crippen LogP contribution is -2.32. The smallest absolute Gasteiger partial charge is 0.176 e. The molecular weight excluding hydrogens is 292 g/mol. The lowest BCUT2D eigenvalue weighted by Gasteiger charge is -2.19. The van der Waals surface area contributed by atoms with Crippen LogP contribution in [0.2, 0.25) is 0 Å². The maximum absolute atomic E-state index is 12.2. The van der Waals surface area contributed by atoms with Crippen molar-refractivity contribution in [2.45, 2.75) is 25.3 Å². The van der Waals surface area contributed by atoms with Crippen LogP contribution in [0.25, 0.3) is 0 Å². The zero-order chi connectivity index (χ0) is 13.0. The van der Waals surface area contributed by atoms with Gasteiger partial charge < -0.3 is 0 Å². The average molecular weight is 307 g/mol. The SMILES string of the molecule is N#CCCN(CC(=O)c1cccc(Br)c1)C1CC1. The van der Waals surface area contributed by atoms with E-state index in [-0.39, 0.29) is 5.78 Å². The monoisotopic (exact) mass is 306 g/mol. The van der Waals surface area contributed by atoms with Gasteiger partial charge in [0.1, 0.15) is 0 Å². The number of nitrogens with zero attached hydrogens (tertiary/aromatic N) is 2. The van der Waals surface area contributed by atoms with Crippen molar-refractivity contribution in [3.8, 4) is 6.07 Å². The molecule has 0 aromatic heterocycles. The first kappa shape index (κ1) is 13.3. The van der Waals surface area contributed by atoms with Gasteiger partial charge in [-0.15, -0.1) is 0 Å². The number of nitriles is 1. The van der Waals surface area contributed by atoms with E-state index in [1.165, 1.54) is 0 Å². The number of ketones is 1. The lowest BCUT2D eigenvalue weighted by atomic mass is 10.1. The summed E-state index contributed by atoms with van der Waals surface area (Å²) >= 11 is 3.37. The minimum atomic E-state index is 0.126. The Labute approximate surface area is 116 Å². The summed E-state index contributed by atoms with van der Waals surface area (Å²) in [5.41, 5.74) is 0.729. The van der Waals surface area contributed by atoms with Crippen LogP contribution < -0.4 is 0 Å². The van der Waals surface area contributed by atoms with Crippen LogP contribution in [0.15, 0.2) is 28.7 Å². The van der Waals surface area contributed by atoms with Crippen LogP contribution in [-0.2, 0) is 0 Å². The zero-order valence-electron chi connectivity index (χ0n) is 10.1. The standard InChI is InChI=1S/C14H15BrN2O/c15-12-4-1-3-11(9-12)14(18)10-17(8-2-7-16)13-5-6-13/h1,3-4,9,13H,2,5-6,8,10H2. The normalized spacial score (nSPS) is 14.5. The molecule has 0 atom stereocenters. The van der Waals surface area contributed by atoms with E-state index in [0.29, 0.717) is 25.6 Å². The Bertz CT molecular complexity index is 477. The van der Waals surface area contributed by atoms with Crippen molar-refractivity contribution in [1.82, 2.24) is 4.90 Å². The summed E-state index contributed by atoms with van der Waals surface area (Å²) in [6, 6.07) is 10.1. The first-order valence-corrected chi connectivity index (χ1v) is 6.90. The minimum Gasteiger partial charge on any atom is -0.293 e. The van der Waals surface area contributed by atoms with Gasteiger partial charge in [-0.2, -0.15) is 5.26 Å². The first-order valence-electron chi connectivity index (χ1n) is 6.10. The van der Waals surface area contributed by atoms with Gasteiger partial charge in [0.15, 0.2) is 5.78 Å². The molecule has 94 valence electrons. The van der Waals surface area contributed by atoms with Crippen LogP contribution in [0.1, 0.15) is 29.6 Å². The second kappa shape index (κ2) is 6.12. The van der Waals surface area contributed by atoms with E-state index in [4.69, 9.17) is 5.26 Å². The highest BCUT2D eigenvalue weighted by Crippen LogP contribution is 2.27. The fraction of sp³-hybridized carbons (Fsp3) is 0.429. The van der Waals surface area contributed by atoms with Crippen molar-refractivity contribution >= 4 is 21.7 Å². The van der Waals surface area contributed by atoms with Crippen LogP contribution >= 0.6 is 15.9 Å². The third-order valence-electron chi connectivity index (χ3n) is 3.07. The topological polar surface area (TPSA) is 44.1 Å². The molecule has 3 nitrogen and oxygen atoms in total. The molecule has 1 aromatic rings. The number of rotatable bonds is 6. The second-order valence-corrected chi connectivity index (χ2v) is 5.46. The largest absolute Gasteiger partial charge is 0.293 e. The van der Waals surface area contributed by atoms with Gasteiger partial charge in [0.05, 0.1) is 12.6 Å². The Morgan fingerprint density at radius 1 is 1.50 bits per heavy atom. The molecule has 1 aromatic carbocycles. The number of carbonyl (C=O) groups excluding carboxylic acids is 1. The van der Waals surface area contributed by atoms with Gasteiger partial charge in [0, 0.05) is 29.0 Å². The lowest BCUT2D eigenvalue weighted by molar-refractivity contribution is 0.0926. The Morgan fingerprint density at radius 3 is 2.89 bits per heavy atom. The Morgan fingerprint density at radius 2 is 2.28 bits per heavy atom. The average Bonchev–Trinajstić information content (AvgIpc) is 3.18. The van der Waals surface area contributed by atoms with E-state index in [9.17, 15) is 4.79 Å². The third-order valence-corrected chi connectivity index (χ3v) is 3.56. The second-order valence-electron chi connectivity index (χ2n) is 4.54. The van der Waals surface area contributed by atoms with Crippen LogP contribution in [0.4, 0.5) is 0 Å². The Balaban J connectivity index is 1.98. The molecule has 0 spiro atoms. The molecule has 1 aliphatic rings. The molecule has 4 heteroatoms. The maximum atomic E-state index is 12.2. The highest BCUT2D eigenvalue weighted by molar-refractivity contribution is 9.10. The first-order chi connectivity index (χ1) is 8.70. The van der Waals surface area contributed by atoms with E-state index in [0.717, 1.165) is 22.9 Å². The van der Waals surface area contributed by atoms with Crippen LogP contribution in [0.5, 0.6) is 0 Å². The molecular formula is C14H15BrN2O. The van der Waals surface area contributed by atoms with Crippen molar-refractivity contribution in [3.63, 3.8) is 0 Å². The van der Waals surface area contributed by atoms with E-state index >= 15 is 0 Å². The molecule has 0 unspecified atom stereocenters. The fourth-order valence-corrected chi connectivity index (χ4v) is 2.36. The summed E-state index contributed by atoms with van der Waals surface area (Å²) < 4.78 is 0.920. The molecule has 1 aliphatic carbocycles. The molecule has 0 N–H and O–H groups in total. The quantitative estimate of drug-likeness (QED) is 0.759. The van der Waals surface area contributed by atoms with Crippen LogP contribution in [-0.4, -0.2) is 29.8 Å². The Hall–Kier alpha value is -1.18. The fourth-order valence-electron chi connectivity index (χ4n) is 1.96. The molecule has 0 radical (unpaired) electrons. The van der Waals surface area contributed by atoms with Gasteiger partial charge in [0.25, 0.3) is 0 Å². The van der Waals surface area contributed by atoms with Crippen molar-refractivity contribution in [2.24, 2.45) is 0 Å². The van der Waals surface area contributed by atoms with Crippen molar-refractivity contribution in [3.05, 3.63) is 34.3 Å². The summed E-state index contributed by atoms with van der Waals surface area (Å²) in [5, 5.41) is 8.64. The number of carbonyl (C=O) groups is 1. The number of hydrogen-bond acceptors (Lipinski definition) is 3.